The fourth-order valence-electron chi connectivity index (χ4n) is 3.77. The molecule has 2 atom stereocenters. The molecule has 5 heteroatoms. The molecule has 2 saturated heterocycles. The summed E-state index contributed by atoms with van der Waals surface area (Å²) < 4.78 is 36.4. The maximum atomic E-state index is 12.1. The molecule has 0 aromatic heterocycles. The quantitative estimate of drug-likeness (QED) is 0.720. The summed E-state index contributed by atoms with van der Waals surface area (Å²) in [6.45, 7) is 4.11. The van der Waals surface area contributed by atoms with Gasteiger partial charge in [0.25, 0.3) is 0 Å². The number of hydrogen-bond donors (Lipinski definition) is 1. The molecule has 0 amide bonds. The molecule has 2 fully saturated rings. The Morgan fingerprint density at radius 3 is 2.30 bits per heavy atom. The molecule has 2 aliphatic heterocycles. The Balaban J connectivity index is 1.70. The molecule has 2 aliphatic rings. The molecule has 0 aromatic rings. The average molecular weight is 292 g/mol. The molecule has 0 radical (unpaired) electrons. The number of halogens is 3. The Kier molecular flexibility index (Phi) is 5.73. The number of alkyl halides is 3. The normalized spacial score (nSPS) is 30.9. The number of rotatable bonds is 7. The number of nitrogens with one attached hydrogen (secondary N) is 1. The van der Waals surface area contributed by atoms with Gasteiger partial charge >= 0.3 is 6.18 Å². The highest BCUT2D eigenvalue weighted by Crippen LogP contribution is 2.36. The minimum Gasteiger partial charge on any atom is -0.314 e. The lowest BCUT2D eigenvalue weighted by Gasteiger charge is -2.39. The first kappa shape index (κ1) is 16.1. The van der Waals surface area contributed by atoms with Crippen molar-refractivity contribution in [3.05, 3.63) is 0 Å². The standard InChI is InChI=1S/C15H27F3N2/c1-2-8-19-12-10-13-5-6-14(11-12)20(13)9-4-3-7-15(16,17)18/h12-14,19H,2-11H2,1H3. The zero-order valence-electron chi connectivity index (χ0n) is 12.4. The number of nitrogens with zero attached hydrogens (tertiary/aromatic N) is 1. The Bertz CT molecular complexity index is 279. The topological polar surface area (TPSA) is 15.3 Å². The van der Waals surface area contributed by atoms with Crippen molar-refractivity contribution in [2.24, 2.45) is 0 Å². The van der Waals surface area contributed by atoms with Gasteiger partial charge in [-0.25, -0.2) is 0 Å². The molecule has 2 rings (SSSR count). The molecule has 0 saturated carbocycles. The molecule has 20 heavy (non-hydrogen) atoms. The van der Waals surface area contributed by atoms with Crippen LogP contribution in [0.4, 0.5) is 13.2 Å². The van der Waals surface area contributed by atoms with E-state index < -0.39 is 12.6 Å². The second-order valence-corrected chi connectivity index (χ2v) is 6.32. The third-order valence-corrected chi connectivity index (χ3v) is 4.69. The van der Waals surface area contributed by atoms with Gasteiger partial charge in [-0.15, -0.1) is 0 Å². The molecule has 2 heterocycles. The van der Waals surface area contributed by atoms with E-state index in [1.54, 1.807) is 0 Å². The van der Waals surface area contributed by atoms with Crippen LogP contribution in [0.1, 0.15) is 58.3 Å². The minimum atomic E-state index is -3.99. The van der Waals surface area contributed by atoms with Crippen LogP contribution in [0.2, 0.25) is 0 Å². The monoisotopic (exact) mass is 292 g/mol. The fraction of sp³-hybridized carbons (Fsp3) is 1.00. The average Bonchev–Trinajstić information content (AvgIpc) is 2.61. The predicted molar refractivity (Wildman–Crippen MR) is 74.7 cm³/mol. The van der Waals surface area contributed by atoms with Crippen molar-refractivity contribution < 1.29 is 13.2 Å². The van der Waals surface area contributed by atoms with Crippen LogP contribution in [0.15, 0.2) is 0 Å². The van der Waals surface area contributed by atoms with E-state index in [2.05, 4.69) is 17.1 Å². The highest BCUT2D eigenvalue weighted by atomic mass is 19.4. The minimum absolute atomic E-state index is 0.275. The van der Waals surface area contributed by atoms with E-state index in [0.29, 0.717) is 24.5 Å². The van der Waals surface area contributed by atoms with Crippen molar-refractivity contribution >= 4 is 0 Å². The fourth-order valence-corrected chi connectivity index (χ4v) is 3.77. The summed E-state index contributed by atoms with van der Waals surface area (Å²) >= 11 is 0. The zero-order chi connectivity index (χ0) is 14.6. The predicted octanol–water partition coefficient (Wildman–Crippen LogP) is 3.71. The maximum Gasteiger partial charge on any atom is 0.389 e. The highest BCUT2D eigenvalue weighted by molar-refractivity contribution is 4.97. The van der Waals surface area contributed by atoms with Gasteiger partial charge < -0.3 is 5.32 Å². The molecule has 0 aliphatic carbocycles. The van der Waals surface area contributed by atoms with Crippen LogP contribution in [-0.4, -0.2) is 42.3 Å². The Morgan fingerprint density at radius 2 is 1.75 bits per heavy atom. The van der Waals surface area contributed by atoms with Crippen molar-refractivity contribution in [1.82, 2.24) is 10.2 Å². The number of fused-ring (bicyclic) bond motifs is 2. The van der Waals surface area contributed by atoms with Crippen molar-refractivity contribution in [1.29, 1.82) is 0 Å². The van der Waals surface area contributed by atoms with Gasteiger partial charge in [-0.1, -0.05) is 6.92 Å². The largest absolute Gasteiger partial charge is 0.389 e. The van der Waals surface area contributed by atoms with Crippen LogP contribution in [0.3, 0.4) is 0 Å². The van der Waals surface area contributed by atoms with E-state index in [9.17, 15) is 13.2 Å². The lowest BCUT2D eigenvalue weighted by Crippen LogP contribution is -2.49. The molecule has 0 spiro atoms. The lowest BCUT2D eigenvalue weighted by molar-refractivity contribution is -0.135. The van der Waals surface area contributed by atoms with Crippen molar-refractivity contribution in [2.75, 3.05) is 13.1 Å². The smallest absolute Gasteiger partial charge is 0.314 e. The lowest BCUT2D eigenvalue weighted by atomic mass is 9.96. The van der Waals surface area contributed by atoms with E-state index in [0.717, 1.165) is 19.5 Å². The van der Waals surface area contributed by atoms with Crippen LogP contribution in [0.25, 0.3) is 0 Å². The van der Waals surface area contributed by atoms with Crippen LogP contribution in [0, 0.1) is 0 Å². The molecule has 2 bridgehead atoms. The number of hydrogen-bond acceptors (Lipinski definition) is 2. The van der Waals surface area contributed by atoms with E-state index in [-0.39, 0.29) is 6.42 Å². The van der Waals surface area contributed by atoms with Gasteiger partial charge in [-0.3, -0.25) is 4.90 Å². The van der Waals surface area contributed by atoms with Crippen molar-refractivity contribution in [3.63, 3.8) is 0 Å². The molecule has 118 valence electrons. The molecule has 2 unspecified atom stereocenters. The molecule has 1 N–H and O–H groups in total. The van der Waals surface area contributed by atoms with Crippen LogP contribution in [0.5, 0.6) is 0 Å². The summed E-state index contributed by atoms with van der Waals surface area (Å²) in [7, 11) is 0. The second kappa shape index (κ2) is 7.12. The van der Waals surface area contributed by atoms with Gasteiger partial charge in [0.05, 0.1) is 0 Å². The van der Waals surface area contributed by atoms with Gasteiger partial charge in [0.1, 0.15) is 0 Å². The van der Waals surface area contributed by atoms with Crippen LogP contribution >= 0.6 is 0 Å². The Labute approximate surface area is 120 Å². The third-order valence-electron chi connectivity index (χ3n) is 4.69. The molecular formula is C15H27F3N2. The van der Waals surface area contributed by atoms with Gasteiger partial charge in [0.2, 0.25) is 0 Å². The summed E-state index contributed by atoms with van der Waals surface area (Å²) in [5.41, 5.74) is 0. The van der Waals surface area contributed by atoms with Crippen molar-refractivity contribution in [2.45, 2.75) is 82.6 Å². The summed E-state index contributed by atoms with van der Waals surface area (Å²) in [5.74, 6) is 0. The number of piperidine rings is 1. The molecule has 2 nitrogen and oxygen atoms in total. The second-order valence-electron chi connectivity index (χ2n) is 6.32. The van der Waals surface area contributed by atoms with E-state index in [4.69, 9.17) is 0 Å². The van der Waals surface area contributed by atoms with Gasteiger partial charge in [0.15, 0.2) is 0 Å². The SMILES string of the molecule is CCCNC1CC2CCC(C1)N2CCCCC(F)(F)F. The van der Waals surface area contributed by atoms with Crippen LogP contribution < -0.4 is 5.32 Å². The highest BCUT2D eigenvalue weighted by Gasteiger charge is 2.40. The molecule has 0 aromatic carbocycles. The Morgan fingerprint density at radius 1 is 1.10 bits per heavy atom. The summed E-state index contributed by atoms with van der Waals surface area (Å²) in [4.78, 5) is 2.49. The van der Waals surface area contributed by atoms with Gasteiger partial charge in [0, 0.05) is 24.5 Å². The summed E-state index contributed by atoms with van der Waals surface area (Å²) in [6, 6.07) is 1.84. The number of unbranched alkanes of at least 4 members (excludes halogenated alkanes) is 1. The first-order chi connectivity index (χ1) is 9.49. The Hall–Kier alpha value is -0.290. The van der Waals surface area contributed by atoms with Gasteiger partial charge in [-0.2, -0.15) is 13.2 Å². The van der Waals surface area contributed by atoms with E-state index in [1.807, 2.05) is 0 Å². The van der Waals surface area contributed by atoms with Gasteiger partial charge in [-0.05, 0) is 58.0 Å². The van der Waals surface area contributed by atoms with Crippen LogP contribution in [-0.2, 0) is 0 Å². The van der Waals surface area contributed by atoms with E-state index in [1.165, 1.54) is 25.7 Å². The zero-order valence-corrected chi connectivity index (χ0v) is 12.4. The third kappa shape index (κ3) is 4.62. The first-order valence-electron chi connectivity index (χ1n) is 8.05. The van der Waals surface area contributed by atoms with E-state index >= 15 is 0 Å². The summed E-state index contributed by atoms with van der Waals surface area (Å²) in [5, 5.41) is 3.60. The summed E-state index contributed by atoms with van der Waals surface area (Å²) in [6.07, 6.45) is 2.31. The maximum absolute atomic E-state index is 12.1. The first-order valence-corrected chi connectivity index (χ1v) is 8.05. The molecular weight excluding hydrogens is 265 g/mol. The van der Waals surface area contributed by atoms with Crippen molar-refractivity contribution in [3.8, 4) is 0 Å².